The minimum Gasteiger partial charge on any atom is -0.317 e. The Morgan fingerprint density at radius 3 is 2.50 bits per heavy atom. The number of hydrogen-bond acceptors (Lipinski definition) is 3. The molecule has 0 unspecified atom stereocenters. The molecule has 4 nitrogen and oxygen atoms in total. The lowest BCUT2D eigenvalue weighted by Crippen LogP contribution is -2.36. The highest BCUT2D eigenvalue weighted by molar-refractivity contribution is 7.89. The molecule has 1 fully saturated rings. The fourth-order valence-corrected chi connectivity index (χ4v) is 3.04. The molecule has 1 heterocycles. The Morgan fingerprint density at radius 1 is 1.31 bits per heavy atom. The molecule has 0 spiro atoms. The normalized spacial score (nSPS) is 18.1. The quantitative estimate of drug-likeness (QED) is 0.761. The lowest BCUT2D eigenvalue weighted by atomic mass is 9.99. The monoisotopic (exact) mass is 270 g/mol. The topological polar surface area (TPSA) is 58.2 Å². The molecule has 0 saturated carbocycles. The predicted octanol–water partition coefficient (Wildman–Crippen LogP) is 1.13. The first-order chi connectivity index (χ1) is 7.14. The standard InChI is InChI=1S/C10H22N2O2S.ClH/c1-2-3-8-15(13,14)12-9-10-4-6-11-7-5-10;/h10-12H,2-9H2,1H3;1H. The Morgan fingerprint density at radius 2 is 1.94 bits per heavy atom. The van der Waals surface area contributed by atoms with Crippen LogP contribution < -0.4 is 10.0 Å². The number of piperidine rings is 1. The molecule has 0 aromatic carbocycles. The second-order valence-electron chi connectivity index (χ2n) is 4.21. The van der Waals surface area contributed by atoms with Gasteiger partial charge < -0.3 is 5.32 Å². The van der Waals surface area contributed by atoms with Gasteiger partial charge in [0.15, 0.2) is 0 Å². The van der Waals surface area contributed by atoms with Crippen molar-refractivity contribution in [3.05, 3.63) is 0 Å². The molecule has 1 saturated heterocycles. The van der Waals surface area contributed by atoms with Gasteiger partial charge in [-0.15, -0.1) is 12.4 Å². The maximum atomic E-state index is 11.5. The van der Waals surface area contributed by atoms with Crippen LogP contribution in [-0.2, 0) is 10.0 Å². The van der Waals surface area contributed by atoms with Gasteiger partial charge in [0, 0.05) is 6.54 Å². The molecule has 0 amide bonds. The highest BCUT2D eigenvalue weighted by Crippen LogP contribution is 2.10. The van der Waals surface area contributed by atoms with Gasteiger partial charge in [-0.25, -0.2) is 13.1 Å². The molecule has 1 aliphatic heterocycles. The third-order valence-electron chi connectivity index (χ3n) is 2.82. The van der Waals surface area contributed by atoms with Crippen molar-refractivity contribution in [2.24, 2.45) is 5.92 Å². The SMILES string of the molecule is CCCCS(=O)(=O)NCC1CCNCC1.Cl. The summed E-state index contributed by atoms with van der Waals surface area (Å²) < 4.78 is 25.7. The summed E-state index contributed by atoms with van der Waals surface area (Å²) in [5, 5.41) is 3.27. The fraction of sp³-hybridized carbons (Fsp3) is 1.00. The van der Waals surface area contributed by atoms with E-state index in [0.29, 0.717) is 12.5 Å². The van der Waals surface area contributed by atoms with Gasteiger partial charge in [-0.3, -0.25) is 0 Å². The summed E-state index contributed by atoms with van der Waals surface area (Å²) in [6, 6.07) is 0. The molecule has 16 heavy (non-hydrogen) atoms. The van der Waals surface area contributed by atoms with Crippen LogP contribution in [0.25, 0.3) is 0 Å². The average molecular weight is 271 g/mol. The van der Waals surface area contributed by atoms with E-state index < -0.39 is 10.0 Å². The lowest BCUT2D eigenvalue weighted by Gasteiger charge is -2.22. The van der Waals surface area contributed by atoms with Crippen LogP contribution in [0.2, 0.25) is 0 Å². The van der Waals surface area contributed by atoms with Gasteiger partial charge in [0.1, 0.15) is 0 Å². The summed E-state index contributed by atoms with van der Waals surface area (Å²) in [5.74, 6) is 0.789. The van der Waals surface area contributed by atoms with Crippen molar-refractivity contribution in [1.29, 1.82) is 0 Å². The Balaban J connectivity index is 0.00000225. The number of nitrogens with one attached hydrogen (secondary N) is 2. The minimum absolute atomic E-state index is 0. The molecule has 0 aliphatic carbocycles. The van der Waals surface area contributed by atoms with E-state index >= 15 is 0 Å². The highest BCUT2D eigenvalue weighted by Gasteiger charge is 2.16. The first kappa shape index (κ1) is 16.2. The Hall–Kier alpha value is 0.160. The van der Waals surface area contributed by atoms with Crippen molar-refractivity contribution >= 4 is 22.4 Å². The van der Waals surface area contributed by atoms with Gasteiger partial charge in [-0.2, -0.15) is 0 Å². The molecule has 0 bridgehead atoms. The summed E-state index contributed by atoms with van der Waals surface area (Å²) in [6.07, 6.45) is 3.84. The summed E-state index contributed by atoms with van der Waals surface area (Å²) in [7, 11) is -3.01. The van der Waals surface area contributed by atoms with Crippen LogP contribution in [-0.4, -0.2) is 33.8 Å². The van der Waals surface area contributed by atoms with E-state index in [0.717, 1.165) is 38.8 Å². The van der Waals surface area contributed by atoms with Crippen LogP contribution in [0.5, 0.6) is 0 Å². The average Bonchev–Trinajstić information content (AvgIpc) is 2.25. The van der Waals surface area contributed by atoms with Crippen molar-refractivity contribution < 1.29 is 8.42 Å². The number of unbranched alkanes of at least 4 members (excludes halogenated alkanes) is 1. The van der Waals surface area contributed by atoms with Gasteiger partial charge in [0.05, 0.1) is 5.75 Å². The van der Waals surface area contributed by atoms with E-state index in [4.69, 9.17) is 0 Å². The van der Waals surface area contributed by atoms with E-state index in [2.05, 4.69) is 10.0 Å². The van der Waals surface area contributed by atoms with Crippen molar-refractivity contribution in [3.63, 3.8) is 0 Å². The van der Waals surface area contributed by atoms with Crippen molar-refractivity contribution in [1.82, 2.24) is 10.0 Å². The van der Waals surface area contributed by atoms with Crippen LogP contribution in [0, 0.1) is 5.92 Å². The Kier molecular flexibility index (Phi) is 8.36. The van der Waals surface area contributed by atoms with Gasteiger partial charge in [0.25, 0.3) is 0 Å². The van der Waals surface area contributed by atoms with E-state index in [1.54, 1.807) is 0 Å². The van der Waals surface area contributed by atoms with E-state index in [1.165, 1.54) is 0 Å². The Bertz CT molecular complexity index is 264. The first-order valence-electron chi connectivity index (χ1n) is 5.82. The van der Waals surface area contributed by atoms with Gasteiger partial charge in [-0.1, -0.05) is 13.3 Å². The summed E-state index contributed by atoms with van der Waals surface area (Å²) in [4.78, 5) is 0. The molecule has 98 valence electrons. The molecule has 0 radical (unpaired) electrons. The van der Waals surface area contributed by atoms with Gasteiger partial charge in [0.2, 0.25) is 10.0 Å². The molecule has 1 rings (SSSR count). The summed E-state index contributed by atoms with van der Waals surface area (Å²) in [5.41, 5.74) is 0. The van der Waals surface area contributed by atoms with Gasteiger partial charge in [-0.05, 0) is 38.3 Å². The minimum atomic E-state index is -3.01. The second-order valence-corrected chi connectivity index (χ2v) is 6.14. The number of sulfonamides is 1. The third kappa shape index (κ3) is 6.68. The van der Waals surface area contributed by atoms with Crippen LogP contribution >= 0.6 is 12.4 Å². The molecule has 0 aromatic heterocycles. The van der Waals surface area contributed by atoms with Gasteiger partial charge >= 0.3 is 0 Å². The summed E-state index contributed by atoms with van der Waals surface area (Å²) in [6.45, 7) is 4.65. The third-order valence-corrected chi connectivity index (χ3v) is 4.25. The lowest BCUT2D eigenvalue weighted by molar-refractivity contribution is 0.372. The fourth-order valence-electron chi connectivity index (χ4n) is 1.74. The number of halogens is 1. The molecular formula is C10H23ClN2O2S. The molecule has 1 aliphatic rings. The van der Waals surface area contributed by atoms with Crippen LogP contribution in [0.15, 0.2) is 0 Å². The molecular weight excluding hydrogens is 248 g/mol. The van der Waals surface area contributed by atoms with Crippen molar-refractivity contribution in [2.75, 3.05) is 25.4 Å². The summed E-state index contributed by atoms with van der Waals surface area (Å²) >= 11 is 0. The van der Waals surface area contributed by atoms with Crippen molar-refractivity contribution in [2.45, 2.75) is 32.6 Å². The predicted molar refractivity (Wildman–Crippen MR) is 69.5 cm³/mol. The number of rotatable bonds is 6. The molecule has 0 atom stereocenters. The highest BCUT2D eigenvalue weighted by atomic mass is 35.5. The Labute approximate surface area is 105 Å². The maximum absolute atomic E-state index is 11.5. The van der Waals surface area contributed by atoms with Crippen molar-refractivity contribution in [3.8, 4) is 0 Å². The van der Waals surface area contributed by atoms with Crippen LogP contribution in [0.4, 0.5) is 0 Å². The molecule has 6 heteroatoms. The van der Waals surface area contributed by atoms with E-state index in [1.807, 2.05) is 6.92 Å². The maximum Gasteiger partial charge on any atom is 0.211 e. The molecule has 0 aromatic rings. The zero-order chi connectivity index (χ0) is 11.1. The van der Waals surface area contributed by atoms with E-state index in [9.17, 15) is 8.42 Å². The first-order valence-corrected chi connectivity index (χ1v) is 7.47. The van der Waals surface area contributed by atoms with Crippen LogP contribution in [0.3, 0.4) is 0 Å². The zero-order valence-electron chi connectivity index (χ0n) is 9.87. The zero-order valence-corrected chi connectivity index (χ0v) is 11.5. The van der Waals surface area contributed by atoms with E-state index in [-0.39, 0.29) is 18.2 Å². The second kappa shape index (κ2) is 8.28. The smallest absolute Gasteiger partial charge is 0.211 e. The number of hydrogen-bond donors (Lipinski definition) is 2. The largest absolute Gasteiger partial charge is 0.317 e. The van der Waals surface area contributed by atoms with Crippen LogP contribution in [0.1, 0.15) is 32.6 Å². The molecule has 2 N–H and O–H groups in total.